The fourth-order valence-corrected chi connectivity index (χ4v) is 2.79. The predicted molar refractivity (Wildman–Crippen MR) is 94.3 cm³/mol. The average Bonchev–Trinajstić information content (AvgIpc) is 3.13. The first-order valence-electron chi connectivity index (χ1n) is 8.35. The van der Waals surface area contributed by atoms with Crippen LogP contribution in [0.4, 0.5) is 11.8 Å². The molecule has 24 heavy (non-hydrogen) atoms. The van der Waals surface area contributed by atoms with Gasteiger partial charge in [0, 0.05) is 31.7 Å². The number of anilines is 2. The third-order valence-corrected chi connectivity index (χ3v) is 4.04. The van der Waals surface area contributed by atoms with Gasteiger partial charge in [0.25, 0.3) is 0 Å². The molecular weight excluding hydrogens is 304 g/mol. The first-order valence-corrected chi connectivity index (χ1v) is 8.35. The molecule has 6 heteroatoms. The molecular formula is C18H24N4O2. The molecule has 2 heterocycles. The van der Waals surface area contributed by atoms with E-state index in [0.29, 0.717) is 31.6 Å². The van der Waals surface area contributed by atoms with Gasteiger partial charge in [-0.25, -0.2) is 4.98 Å². The molecule has 1 aliphatic heterocycles. The Labute approximate surface area is 142 Å². The summed E-state index contributed by atoms with van der Waals surface area (Å²) in [4.78, 5) is 9.06. The lowest BCUT2D eigenvalue weighted by molar-refractivity contribution is 0.193. The fourth-order valence-electron chi connectivity index (χ4n) is 2.79. The summed E-state index contributed by atoms with van der Waals surface area (Å²) in [5.41, 5.74) is 3.44. The Morgan fingerprint density at radius 1 is 1.25 bits per heavy atom. The van der Waals surface area contributed by atoms with Crippen molar-refractivity contribution in [3.63, 3.8) is 0 Å². The molecule has 0 radical (unpaired) electrons. The van der Waals surface area contributed by atoms with Crippen molar-refractivity contribution in [2.45, 2.75) is 25.8 Å². The van der Waals surface area contributed by atoms with Crippen LogP contribution in [0.2, 0.25) is 0 Å². The molecule has 3 rings (SSSR count). The standard InChI is InChI=1S/C18H24N4O2/c1-13-3-2-4-14(9-13)11-20-17-10-16(15-5-8-24-12-15)21-18(22-17)19-6-7-23/h2-4,9-10,15,23H,5-8,11-12H2,1H3,(H2,19,20,21,22)/t15-/m1/s1. The number of aryl methyl sites for hydroxylation is 1. The van der Waals surface area contributed by atoms with E-state index < -0.39 is 0 Å². The van der Waals surface area contributed by atoms with Gasteiger partial charge in [-0.1, -0.05) is 29.8 Å². The Morgan fingerprint density at radius 3 is 2.92 bits per heavy atom. The average molecular weight is 328 g/mol. The van der Waals surface area contributed by atoms with Gasteiger partial charge in [-0.3, -0.25) is 0 Å². The Morgan fingerprint density at radius 2 is 2.17 bits per heavy atom. The number of hydrogen-bond acceptors (Lipinski definition) is 6. The van der Waals surface area contributed by atoms with E-state index in [4.69, 9.17) is 9.84 Å². The predicted octanol–water partition coefficient (Wildman–Crippen LogP) is 2.31. The molecule has 1 aromatic carbocycles. The van der Waals surface area contributed by atoms with Crippen LogP contribution in [0, 0.1) is 6.92 Å². The van der Waals surface area contributed by atoms with E-state index in [1.54, 1.807) is 0 Å². The van der Waals surface area contributed by atoms with Crippen LogP contribution in [-0.2, 0) is 11.3 Å². The molecule has 1 atom stereocenters. The van der Waals surface area contributed by atoms with Gasteiger partial charge in [0.2, 0.25) is 5.95 Å². The lowest BCUT2D eigenvalue weighted by atomic mass is 10.0. The molecule has 1 fully saturated rings. The molecule has 2 aromatic rings. The molecule has 0 unspecified atom stereocenters. The minimum absolute atomic E-state index is 0.0478. The number of nitrogens with zero attached hydrogens (tertiary/aromatic N) is 2. The summed E-state index contributed by atoms with van der Waals surface area (Å²) >= 11 is 0. The van der Waals surface area contributed by atoms with Crippen molar-refractivity contribution in [1.29, 1.82) is 0 Å². The first-order chi connectivity index (χ1) is 11.7. The molecule has 128 valence electrons. The van der Waals surface area contributed by atoms with Gasteiger partial charge in [-0.2, -0.15) is 4.98 Å². The largest absolute Gasteiger partial charge is 0.395 e. The zero-order chi connectivity index (χ0) is 16.8. The lowest BCUT2D eigenvalue weighted by Gasteiger charge is -2.13. The maximum absolute atomic E-state index is 9.00. The Kier molecular flexibility index (Phi) is 5.61. The number of aliphatic hydroxyl groups is 1. The second-order valence-corrected chi connectivity index (χ2v) is 6.06. The van der Waals surface area contributed by atoms with E-state index in [1.807, 2.05) is 6.07 Å². The molecule has 0 aliphatic carbocycles. The molecule has 1 aliphatic rings. The van der Waals surface area contributed by atoms with Gasteiger partial charge < -0.3 is 20.5 Å². The van der Waals surface area contributed by atoms with Crippen molar-refractivity contribution in [2.24, 2.45) is 0 Å². The van der Waals surface area contributed by atoms with Crippen LogP contribution in [0.15, 0.2) is 30.3 Å². The highest BCUT2D eigenvalue weighted by molar-refractivity contribution is 5.44. The number of nitrogens with one attached hydrogen (secondary N) is 2. The van der Waals surface area contributed by atoms with Crippen molar-refractivity contribution in [2.75, 3.05) is 37.0 Å². The van der Waals surface area contributed by atoms with E-state index in [1.165, 1.54) is 11.1 Å². The van der Waals surface area contributed by atoms with Gasteiger partial charge in [0.05, 0.1) is 18.9 Å². The zero-order valence-corrected chi connectivity index (χ0v) is 14.0. The SMILES string of the molecule is Cc1cccc(CNc2cc([C@@H]3CCOC3)nc(NCCO)n2)c1. The summed E-state index contributed by atoms with van der Waals surface area (Å²) in [5, 5.41) is 15.4. The highest BCUT2D eigenvalue weighted by atomic mass is 16.5. The van der Waals surface area contributed by atoms with Crippen molar-refractivity contribution in [3.05, 3.63) is 47.2 Å². The molecule has 0 saturated carbocycles. The van der Waals surface area contributed by atoms with Crippen molar-refractivity contribution >= 4 is 11.8 Å². The van der Waals surface area contributed by atoms with Gasteiger partial charge in [-0.15, -0.1) is 0 Å². The van der Waals surface area contributed by atoms with Gasteiger partial charge >= 0.3 is 0 Å². The fraction of sp³-hybridized carbons (Fsp3) is 0.444. The summed E-state index contributed by atoms with van der Waals surface area (Å²) in [7, 11) is 0. The number of rotatable bonds is 7. The molecule has 6 nitrogen and oxygen atoms in total. The summed E-state index contributed by atoms with van der Waals surface area (Å²) in [5.74, 6) is 1.64. The van der Waals surface area contributed by atoms with Crippen LogP contribution in [0.1, 0.15) is 29.2 Å². The van der Waals surface area contributed by atoms with Crippen molar-refractivity contribution in [3.8, 4) is 0 Å². The third kappa shape index (κ3) is 4.43. The number of ether oxygens (including phenoxy) is 1. The van der Waals surface area contributed by atoms with Crippen molar-refractivity contribution in [1.82, 2.24) is 9.97 Å². The highest BCUT2D eigenvalue weighted by Gasteiger charge is 2.20. The topological polar surface area (TPSA) is 79.3 Å². The normalized spacial score (nSPS) is 17.0. The second kappa shape index (κ2) is 8.08. The van der Waals surface area contributed by atoms with Crippen LogP contribution in [0.25, 0.3) is 0 Å². The summed E-state index contributed by atoms with van der Waals surface area (Å²) in [6, 6.07) is 10.4. The Bertz CT molecular complexity index is 672. The molecule has 0 amide bonds. The Balaban J connectivity index is 1.75. The molecule has 1 aromatic heterocycles. The first kappa shape index (κ1) is 16.7. The van der Waals surface area contributed by atoms with Crippen molar-refractivity contribution < 1.29 is 9.84 Å². The number of hydrogen-bond donors (Lipinski definition) is 3. The Hall–Kier alpha value is -2.18. The van der Waals surface area contributed by atoms with Crippen LogP contribution in [-0.4, -0.2) is 41.4 Å². The molecule has 0 bridgehead atoms. The number of aliphatic hydroxyl groups excluding tert-OH is 1. The summed E-state index contributed by atoms with van der Waals surface area (Å²) in [6.45, 7) is 4.75. The monoisotopic (exact) mass is 328 g/mol. The van der Waals surface area contributed by atoms with E-state index >= 15 is 0 Å². The van der Waals surface area contributed by atoms with E-state index in [-0.39, 0.29) is 6.61 Å². The van der Waals surface area contributed by atoms with Crippen LogP contribution < -0.4 is 10.6 Å². The lowest BCUT2D eigenvalue weighted by Crippen LogP contribution is -2.13. The van der Waals surface area contributed by atoms with Gasteiger partial charge in [-0.05, 0) is 18.9 Å². The van der Waals surface area contributed by atoms with Crippen LogP contribution in [0.3, 0.4) is 0 Å². The summed E-state index contributed by atoms with van der Waals surface area (Å²) < 4.78 is 5.47. The zero-order valence-electron chi connectivity index (χ0n) is 14.0. The highest BCUT2D eigenvalue weighted by Crippen LogP contribution is 2.26. The minimum Gasteiger partial charge on any atom is -0.395 e. The quantitative estimate of drug-likeness (QED) is 0.724. The minimum atomic E-state index is 0.0478. The number of benzene rings is 1. The van der Waals surface area contributed by atoms with Crippen LogP contribution in [0.5, 0.6) is 0 Å². The molecule has 1 saturated heterocycles. The van der Waals surface area contributed by atoms with E-state index in [0.717, 1.165) is 24.5 Å². The van der Waals surface area contributed by atoms with Gasteiger partial charge in [0.15, 0.2) is 0 Å². The maximum atomic E-state index is 9.00. The second-order valence-electron chi connectivity index (χ2n) is 6.06. The summed E-state index contributed by atoms with van der Waals surface area (Å²) in [6.07, 6.45) is 0.980. The number of aromatic nitrogens is 2. The van der Waals surface area contributed by atoms with E-state index in [2.05, 4.69) is 51.8 Å². The maximum Gasteiger partial charge on any atom is 0.224 e. The smallest absolute Gasteiger partial charge is 0.224 e. The third-order valence-electron chi connectivity index (χ3n) is 4.04. The van der Waals surface area contributed by atoms with E-state index in [9.17, 15) is 0 Å². The molecule has 0 spiro atoms. The van der Waals surface area contributed by atoms with Gasteiger partial charge in [0.1, 0.15) is 5.82 Å². The van der Waals surface area contributed by atoms with Crippen LogP contribution >= 0.6 is 0 Å². The molecule has 3 N–H and O–H groups in total.